The van der Waals surface area contributed by atoms with Crippen LogP contribution in [0.15, 0.2) is 41.4 Å². The first-order valence-electron chi connectivity index (χ1n) is 11.2. The van der Waals surface area contributed by atoms with Gasteiger partial charge in [0.1, 0.15) is 10.6 Å². The first-order valence-corrected chi connectivity index (χ1v) is 12.6. The van der Waals surface area contributed by atoms with Crippen LogP contribution in [0.2, 0.25) is 0 Å². The Kier molecular flexibility index (Phi) is 5.97. The molecule has 0 atom stereocenters. The summed E-state index contributed by atoms with van der Waals surface area (Å²) in [6.45, 7) is 3.82. The Hall–Kier alpha value is -2.00. The average Bonchev–Trinajstić information content (AvgIpc) is 2.96. The molecule has 0 radical (unpaired) electrons. The second kappa shape index (κ2) is 8.86. The number of sulfonamides is 1. The van der Waals surface area contributed by atoms with E-state index >= 15 is 0 Å². The molecular weight excluding hydrogens is 414 g/mol. The van der Waals surface area contributed by atoms with Crippen molar-refractivity contribution in [2.75, 3.05) is 39.4 Å². The van der Waals surface area contributed by atoms with Crippen LogP contribution in [0.1, 0.15) is 30.4 Å². The molecule has 5 rings (SSSR count). The summed E-state index contributed by atoms with van der Waals surface area (Å²) in [5.74, 6) is 1.14. The van der Waals surface area contributed by atoms with Crippen LogP contribution in [0.25, 0.3) is 0 Å². The van der Waals surface area contributed by atoms with Crippen molar-refractivity contribution in [2.45, 2.75) is 43.0 Å². The van der Waals surface area contributed by atoms with Crippen LogP contribution in [0.3, 0.4) is 0 Å². The monoisotopic (exact) mass is 443 g/mol. The number of pyridine rings is 1. The maximum atomic E-state index is 12.7. The van der Waals surface area contributed by atoms with Gasteiger partial charge in [-0.25, -0.2) is 13.4 Å². The first kappa shape index (κ1) is 20.9. The Morgan fingerprint density at radius 1 is 0.968 bits per heavy atom. The van der Waals surface area contributed by atoms with E-state index in [0.29, 0.717) is 32.2 Å². The maximum Gasteiger partial charge on any atom is 0.244 e. The number of fused-ring (bicyclic) bond motifs is 1. The summed E-state index contributed by atoms with van der Waals surface area (Å²) in [6.07, 6.45) is 7.54. The van der Waals surface area contributed by atoms with Gasteiger partial charge in [-0.2, -0.15) is 4.31 Å². The minimum absolute atomic E-state index is 0.180. The fourth-order valence-corrected chi connectivity index (χ4v) is 5.89. The third-order valence-corrected chi connectivity index (χ3v) is 8.53. The van der Waals surface area contributed by atoms with Gasteiger partial charge in [0.2, 0.25) is 15.9 Å². The highest BCUT2D eigenvalue weighted by Gasteiger charge is 2.27. The first-order chi connectivity index (χ1) is 15.1. The van der Waals surface area contributed by atoms with Crippen molar-refractivity contribution in [1.29, 1.82) is 0 Å². The van der Waals surface area contributed by atoms with E-state index in [1.165, 1.54) is 40.9 Å². The third kappa shape index (κ3) is 4.48. The molecule has 2 aromatic rings. The van der Waals surface area contributed by atoms with E-state index in [4.69, 9.17) is 9.47 Å². The van der Waals surface area contributed by atoms with Gasteiger partial charge in [0.25, 0.3) is 0 Å². The molecule has 166 valence electrons. The molecule has 0 bridgehead atoms. The van der Waals surface area contributed by atoms with Crippen molar-refractivity contribution in [3.63, 3.8) is 0 Å². The summed E-state index contributed by atoms with van der Waals surface area (Å²) in [6, 6.07) is 10.2. The maximum absolute atomic E-state index is 12.7. The van der Waals surface area contributed by atoms with Gasteiger partial charge in [-0.05, 0) is 55.0 Å². The molecule has 1 saturated heterocycles. The molecule has 2 aliphatic heterocycles. The van der Waals surface area contributed by atoms with Crippen LogP contribution < -0.4 is 4.74 Å². The van der Waals surface area contributed by atoms with Gasteiger partial charge >= 0.3 is 0 Å². The lowest BCUT2D eigenvalue weighted by Gasteiger charge is -2.36. The lowest BCUT2D eigenvalue weighted by molar-refractivity contribution is 0.0730. The van der Waals surface area contributed by atoms with Crippen molar-refractivity contribution in [1.82, 2.24) is 14.2 Å². The minimum atomic E-state index is -3.55. The molecule has 1 aromatic heterocycles. The molecule has 1 saturated carbocycles. The van der Waals surface area contributed by atoms with E-state index in [2.05, 4.69) is 22.0 Å². The Morgan fingerprint density at radius 2 is 1.74 bits per heavy atom. The molecule has 0 amide bonds. The number of ether oxygens (including phenoxy) is 2. The molecule has 7 nitrogen and oxygen atoms in total. The fourth-order valence-electron chi connectivity index (χ4n) is 4.54. The van der Waals surface area contributed by atoms with Gasteiger partial charge < -0.3 is 9.47 Å². The number of aromatic nitrogens is 1. The van der Waals surface area contributed by atoms with Gasteiger partial charge in [0.05, 0.1) is 19.4 Å². The van der Waals surface area contributed by atoms with E-state index in [9.17, 15) is 8.42 Å². The lowest BCUT2D eigenvalue weighted by atomic mass is 9.91. The number of hydrogen-bond donors (Lipinski definition) is 0. The Bertz CT molecular complexity index is 1020. The van der Waals surface area contributed by atoms with Crippen molar-refractivity contribution in [3.8, 4) is 11.6 Å². The highest BCUT2D eigenvalue weighted by atomic mass is 32.2. The summed E-state index contributed by atoms with van der Waals surface area (Å²) >= 11 is 0. The number of benzene rings is 1. The van der Waals surface area contributed by atoms with Crippen LogP contribution in [-0.4, -0.2) is 68.0 Å². The Balaban J connectivity index is 1.26. The Labute approximate surface area is 184 Å². The number of morpholine rings is 1. The zero-order chi connectivity index (χ0) is 21.3. The summed E-state index contributed by atoms with van der Waals surface area (Å²) < 4.78 is 38.1. The third-order valence-electron chi connectivity index (χ3n) is 6.64. The summed E-state index contributed by atoms with van der Waals surface area (Å²) in [7, 11) is -3.55. The molecule has 31 heavy (non-hydrogen) atoms. The van der Waals surface area contributed by atoms with E-state index in [-0.39, 0.29) is 4.90 Å². The molecule has 1 aliphatic carbocycles. The largest absolute Gasteiger partial charge is 0.439 e. The summed E-state index contributed by atoms with van der Waals surface area (Å²) in [4.78, 5) is 7.07. The molecule has 8 heteroatoms. The van der Waals surface area contributed by atoms with E-state index < -0.39 is 10.0 Å². The van der Waals surface area contributed by atoms with Crippen molar-refractivity contribution in [2.24, 2.45) is 0 Å². The normalized spacial score (nSPS) is 21.2. The number of rotatable bonds is 5. The quantitative estimate of drug-likeness (QED) is 0.708. The van der Waals surface area contributed by atoms with Crippen LogP contribution in [0.5, 0.6) is 11.6 Å². The lowest BCUT2D eigenvalue weighted by Crippen LogP contribution is -2.41. The molecule has 0 N–H and O–H groups in total. The molecule has 2 fully saturated rings. The van der Waals surface area contributed by atoms with Crippen molar-refractivity contribution in [3.05, 3.63) is 47.7 Å². The molecule has 0 unspecified atom stereocenters. The van der Waals surface area contributed by atoms with Gasteiger partial charge in [0.15, 0.2) is 0 Å². The van der Waals surface area contributed by atoms with Crippen LogP contribution in [0, 0.1) is 0 Å². The number of nitrogens with zero attached hydrogens (tertiary/aromatic N) is 3. The predicted molar refractivity (Wildman–Crippen MR) is 117 cm³/mol. The predicted octanol–water partition coefficient (Wildman–Crippen LogP) is 2.85. The SMILES string of the molecule is O=S(=O)(c1ccc(Oc2ccc3c(c2)CCN(C2CCC2)CC3)nc1)N1CCOCC1. The second-order valence-corrected chi connectivity index (χ2v) is 10.4. The summed E-state index contributed by atoms with van der Waals surface area (Å²) in [5.41, 5.74) is 2.74. The van der Waals surface area contributed by atoms with Crippen LogP contribution >= 0.6 is 0 Å². The molecule has 3 aliphatic rings. The standard InChI is InChI=1S/C23H29N3O4S/c27-31(28,26-12-14-29-15-13-26)22-6-7-23(24-17-22)30-21-5-4-18-8-10-25(20-2-1-3-20)11-9-19(18)16-21/h4-7,16-17,20H,1-3,8-15H2. The number of hydrogen-bond acceptors (Lipinski definition) is 6. The van der Waals surface area contributed by atoms with E-state index in [0.717, 1.165) is 37.7 Å². The summed E-state index contributed by atoms with van der Waals surface area (Å²) in [5, 5.41) is 0. The minimum Gasteiger partial charge on any atom is -0.439 e. The van der Waals surface area contributed by atoms with E-state index in [1.54, 1.807) is 12.1 Å². The highest BCUT2D eigenvalue weighted by molar-refractivity contribution is 7.89. The van der Waals surface area contributed by atoms with Crippen LogP contribution in [0.4, 0.5) is 0 Å². The van der Waals surface area contributed by atoms with Crippen molar-refractivity contribution >= 4 is 10.0 Å². The second-order valence-electron chi connectivity index (χ2n) is 8.50. The fraction of sp³-hybridized carbons (Fsp3) is 0.522. The van der Waals surface area contributed by atoms with E-state index in [1.807, 2.05) is 6.07 Å². The topological polar surface area (TPSA) is 72.0 Å². The molecule has 3 heterocycles. The Morgan fingerprint density at radius 3 is 2.42 bits per heavy atom. The smallest absolute Gasteiger partial charge is 0.244 e. The zero-order valence-electron chi connectivity index (χ0n) is 17.7. The van der Waals surface area contributed by atoms with Gasteiger partial charge in [0, 0.05) is 38.3 Å². The highest BCUT2D eigenvalue weighted by Crippen LogP contribution is 2.30. The molecule has 0 spiro atoms. The van der Waals surface area contributed by atoms with Gasteiger partial charge in [-0.15, -0.1) is 0 Å². The van der Waals surface area contributed by atoms with Gasteiger partial charge in [-0.1, -0.05) is 12.5 Å². The average molecular weight is 444 g/mol. The molecule has 1 aromatic carbocycles. The van der Waals surface area contributed by atoms with Gasteiger partial charge in [-0.3, -0.25) is 4.90 Å². The zero-order valence-corrected chi connectivity index (χ0v) is 18.5. The molecular formula is C23H29N3O4S. The van der Waals surface area contributed by atoms with Crippen LogP contribution in [-0.2, 0) is 27.6 Å². The van der Waals surface area contributed by atoms with Crippen molar-refractivity contribution < 1.29 is 17.9 Å².